The average molecular weight is 413 g/mol. The topological polar surface area (TPSA) is 75.4 Å². The van der Waals surface area contributed by atoms with Gasteiger partial charge in [0.25, 0.3) is 5.91 Å². The van der Waals surface area contributed by atoms with Crippen LogP contribution in [-0.4, -0.2) is 42.4 Å². The van der Waals surface area contributed by atoms with Crippen molar-refractivity contribution in [2.24, 2.45) is 11.7 Å². The highest BCUT2D eigenvalue weighted by Crippen LogP contribution is 2.23. The summed E-state index contributed by atoms with van der Waals surface area (Å²) in [5.41, 5.74) is 5.28. The van der Waals surface area contributed by atoms with Gasteiger partial charge in [-0.1, -0.05) is 13.8 Å². The fraction of sp³-hybridized carbons (Fsp3) is 0.571. The number of rotatable bonds is 6. The predicted octanol–water partition coefficient (Wildman–Crippen LogP) is 2.49. The van der Waals surface area contributed by atoms with Crippen LogP contribution in [0.1, 0.15) is 30.4 Å². The molecule has 0 aliphatic rings. The highest BCUT2D eigenvalue weighted by molar-refractivity contribution is 9.11. The van der Waals surface area contributed by atoms with Gasteiger partial charge in [0, 0.05) is 13.6 Å². The maximum absolute atomic E-state index is 12.2. The Hall–Kier alpha value is -0.630. The third kappa shape index (κ3) is 5.53. The molecule has 0 spiro atoms. The minimum atomic E-state index is -0.465. The van der Waals surface area contributed by atoms with E-state index in [0.29, 0.717) is 11.4 Å². The highest BCUT2D eigenvalue weighted by atomic mass is 79.9. The number of hydrogen-bond donors (Lipinski definition) is 2. The number of nitrogens with zero attached hydrogens (tertiary/aromatic N) is 1. The quantitative estimate of drug-likeness (QED) is 0.754. The van der Waals surface area contributed by atoms with Crippen molar-refractivity contribution in [2.75, 3.05) is 20.1 Å². The standard InChI is InChI=1S/C14H22BrN3O2S.ClH/c1-9(2)14(3,8-16)17-12(19)7-18(4)13(20)10-5-6-11(15)21-10;/h5-6,9H,7-8,16H2,1-4H3,(H,17,19);1H. The summed E-state index contributed by atoms with van der Waals surface area (Å²) in [4.78, 5) is 26.3. The van der Waals surface area contributed by atoms with E-state index in [0.717, 1.165) is 3.79 Å². The van der Waals surface area contributed by atoms with Gasteiger partial charge in [0.2, 0.25) is 5.91 Å². The van der Waals surface area contributed by atoms with Crippen molar-refractivity contribution in [3.63, 3.8) is 0 Å². The number of nitrogens with one attached hydrogen (secondary N) is 1. The second kappa shape index (κ2) is 8.86. The predicted molar refractivity (Wildman–Crippen MR) is 96.7 cm³/mol. The fourth-order valence-corrected chi connectivity index (χ4v) is 3.07. The lowest BCUT2D eigenvalue weighted by atomic mass is 9.88. The molecule has 0 aliphatic heterocycles. The molecule has 8 heteroatoms. The summed E-state index contributed by atoms with van der Waals surface area (Å²) < 4.78 is 0.888. The molecule has 1 atom stereocenters. The number of nitrogens with two attached hydrogens (primary N) is 1. The smallest absolute Gasteiger partial charge is 0.264 e. The van der Waals surface area contributed by atoms with Crippen LogP contribution >= 0.6 is 39.7 Å². The van der Waals surface area contributed by atoms with Crippen molar-refractivity contribution in [1.29, 1.82) is 0 Å². The number of carbonyl (C=O) groups is 2. The molecule has 1 unspecified atom stereocenters. The first-order chi connectivity index (χ1) is 9.69. The Morgan fingerprint density at radius 1 is 1.45 bits per heavy atom. The van der Waals surface area contributed by atoms with Gasteiger partial charge in [0.1, 0.15) is 0 Å². The number of halogens is 2. The number of thiophene rings is 1. The molecule has 5 nitrogen and oxygen atoms in total. The van der Waals surface area contributed by atoms with Gasteiger partial charge >= 0.3 is 0 Å². The van der Waals surface area contributed by atoms with Crippen LogP contribution in [0.5, 0.6) is 0 Å². The zero-order valence-corrected chi connectivity index (χ0v) is 16.4. The molecule has 0 aromatic carbocycles. The number of likely N-dealkylation sites (N-methyl/N-ethyl adjacent to an activating group) is 1. The summed E-state index contributed by atoms with van der Waals surface area (Å²) in [7, 11) is 1.62. The van der Waals surface area contributed by atoms with Crippen molar-refractivity contribution in [2.45, 2.75) is 26.3 Å². The molecule has 0 saturated carbocycles. The molecule has 3 N–H and O–H groups in total. The summed E-state index contributed by atoms with van der Waals surface area (Å²) in [6.45, 7) is 6.28. The first-order valence-corrected chi connectivity index (χ1v) is 8.32. The molecule has 22 heavy (non-hydrogen) atoms. The van der Waals surface area contributed by atoms with E-state index in [1.54, 1.807) is 13.1 Å². The first kappa shape index (κ1) is 21.4. The maximum Gasteiger partial charge on any atom is 0.264 e. The Morgan fingerprint density at radius 3 is 2.45 bits per heavy atom. The van der Waals surface area contributed by atoms with Gasteiger partial charge in [0.15, 0.2) is 0 Å². The number of carbonyl (C=O) groups excluding carboxylic acids is 2. The van der Waals surface area contributed by atoms with Crippen LogP contribution in [-0.2, 0) is 4.79 Å². The van der Waals surface area contributed by atoms with Crippen LogP contribution < -0.4 is 11.1 Å². The normalized spacial score (nSPS) is 13.2. The van der Waals surface area contributed by atoms with Crippen molar-refractivity contribution >= 4 is 51.5 Å². The van der Waals surface area contributed by atoms with E-state index in [1.165, 1.54) is 16.2 Å². The summed E-state index contributed by atoms with van der Waals surface area (Å²) in [5.74, 6) is -0.163. The Kier molecular flexibility index (Phi) is 8.61. The molecule has 1 heterocycles. The summed E-state index contributed by atoms with van der Waals surface area (Å²) in [6, 6.07) is 3.56. The van der Waals surface area contributed by atoms with E-state index in [2.05, 4.69) is 21.2 Å². The molecular formula is C14H23BrClN3O2S. The van der Waals surface area contributed by atoms with Gasteiger partial charge in [-0.25, -0.2) is 0 Å². The van der Waals surface area contributed by atoms with Crippen LogP contribution in [0.4, 0.5) is 0 Å². The van der Waals surface area contributed by atoms with E-state index < -0.39 is 5.54 Å². The second-order valence-corrected chi connectivity index (χ2v) is 8.05. The largest absolute Gasteiger partial charge is 0.348 e. The van der Waals surface area contributed by atoms with Gasteiger partial charge in [-0.05, 0) is 40.9 Å². The zero-order chi connectivity index (χ0) is 16.2. The molecule has 126 valence electrons. The average Bonchev–Trinajstić information content (AvgIpc) is 2.83. The van der Waals surface area contributed by atoms with Crippen LogP contribution in [0.15, 0.2) is 15.9 Å². The molecule has 0 bridgehead atoms. The molecule has 0 radical (unpaired) electrons. The maximum atomic E-state index is 12.2. The lowest BCUT2D eigenvalue weighted by Gasteiger charge is -2.34. The Balaban J connectivity index is 0.00000441. The van der Waals surface area contributed by atoms with Gasteiger partial charge in [-0.3, -0.25) is 9.59 Å². The van der Waals surface area contributed by atoms with Gasteiger partial charge in [0.05, 0.1) is 20.7 Å². The van der Waals surface area contributed by atoms with Crippen molar-refractivity contribution in [3.8, 4) is 0 Å². The van der Waals surface area contributed by atoms with Crippen molar-refractivity contribution in [3.05, 3.63) is 20.8 Å². The van der Waals surface area contributed by atoms with Crippen LogP contribution in [0, 0.1) is 5.92 Å². The third-order valence-corrected chi connectivity index (χ3v) is 5.25. The minimum absolute atomic E-state index is 0. The molecule has 1 aromatic rings. The van der Waals surface area contributed by atoms with Crippen LogP contribution in [0.2, 0.25) is 0 Å². The Labute approximate surface area is 150 Å². The molecule has 1 rings (SSSR count). The summed E-state index contributed by atoms with van der Waals surface area (Å²) in [6.07, 6.45) is 0. The number of amides is 2. The Morgan fingerprint density at radius 2 is 2.05 bits per heavy atom. The van der Waals surface area contributed by atoms with E-state index in [1.807, 2.05) is 26.8 Å². The molecule has 1 aromatic heterocycles. The van der Waals surface area contributed by atoms with Gasteiger partial charge in [-0.15, -0.1) is 23.7 Å². The Bertz CT molecular complexity index is 524. The van der Waals surface area contributed by atoms with E-state index in [4.69, 9.17) is 5.73 Å². The molecular weight excluding hydrogens is 390 g/mol. The SMILES string of the molecule is CC(C)C(C)(CN)NC(=O)CN(C)C(=O)c1ccc(Br)s1.Cl. The number of hydrogen-bond acceptors (Lipinski definition) is 4. The van der Waals surface area contributed by atoms with E-state index in [-0.39, 0.29) is 36.7 Å². The first-order valence-electron chi connectivity index (χ1n) is 6.71. The van der Waals surface area contributed by atoms with Crippen molar-refractivity contribution < 1.29 is 9.59 Å². The third-order valence-electron chi connectivity index (χ3n) is 3.63. The molecule has 2 amide bonds. The molecule has 0 aliphatic carbocycles. The van der Waals surface area contributed by atoms with E-state index >= 15 is 0 Å². The second-order valence-electron chi connectivity index (χ2n) is 5.59. The lowest BCUT2D eigenvalue weighted by molar-refractivity contribution is -0.123. The van der Waals surface area contributed by atoms with Crippen LogP contribution in [0.3, 0.4) is 0 Å². The van der Waals surface area contributed by atoms with E-state index in [9.17, 15) is 9.59 Å². The van der Waals surface area contributed by atoms with Gasteiger partial charge in [-0.2, -0.15) is 0 Å². The van der Waals surface area contributed by atoms with Gasteiger partial charge < -0.3 is 16.0 Å². The molecule has 0 saturated heterocycles. The molecule has 0 fully saturated rings. The fourth-order valence-electron chi connectivity index (χ4n) is 1.69. The lowest BCUT2D eigenvalue weighted by Crippen LogP contribution is -2.57. The van der Waals surface area contributed by atoms with Crippen LogP contribution in [0.25, 0.3) is 0 Å². The summed E-state index contributed by atoms with van der Waals surface area (Å²) in [5, 5.41) is 2.92. The zero-order valence-electron chi connectivity index (χ0n) is 13.2. The van der Waals surface area contributed by atoms with Crippen molar-refractivity contribution in [1.82, 2.24) is 10.2 Å². The minimum Gasteiger partial charge on any atom is -0.348 e. The monoisotopic (exact) mass is 411 g/mol. The highest BCUT2D eigenvalue weighted by Gasteiger charge is 2.29. The summed E-state index contributed by atoms with van der Waals surface area (Å²) >= 11 is 4.67.